The molecule has 8 nitrogen and oxygen atoms in total. The summed E-state index contributed by atoms with van der Waals surface area (Å²) in [6.45, 7) is 5.78. The Bertz CT molecular complexity index is 1160. The van der Waals surface area contributed by atoms with E-state index >= 15 is 0 Å². The lowest BCUT2D eigenvalue weighted by molar-refractivity contribution is -0.115. The number of H-pyrrole nitrogens is 1. The fraction of sp³-hybridized carbons (Fsp3) is 0.238. The zero-order valence-corrected chi connectivity index (χ0v) is 16.4. The number of aryl methyl sites for hydroxylation is 1. The van der Waals surface area contributed by atoms with E-state index in [1.165, 1.54) is 0 Å². The fourth-order valence-electron chi connectivity index (χ4n) is 3.05. The summed E-state index contributed by atoms with van der Waals surface area (Å²) >= 11 is 0. The molecule has 1 amide bonds. The molecule has 0 spiro atoms. The van der Waals surface area contributed by atoms with Crippen LogP contribution < -0.4 is 10.1 Å². The lowest BCUT2D eigenvalue weighted by atomic mass is 10.1. The van der Waals surface area contributed by atoms with Crippen LogP contribution in [0.1, 0.15) is 25.3 Å². The Labute approximate surface area is 167 Å². The first-order valence-corrected chi connectivity index (χ1v) is 9.31. The van der Waals surface area contributed by atoms with Crippen LogP contribution in [0.2, 0.25) is 0 Å². The number of aromatic nitrogens is 4. The maximum absolute atomic E-state index is 12.3. The summed E-state index contributed by atoms with van der Waals surface area (Å²) < 4.78 is 10.9. The number of nitrogens with one attached hydrogen (secondary N) is 2. The molecule has 0 unspecified atom stereocenters. The number of ether oxygens (including phenoxy) is 1. The van der Waals surface area contributed by atoms with Crippen LogP contribution in [-0.4, -0.2) is 32.3 Å². The molecule has 3 aromatic heterocycles. The van der Waals surface area contributed by atoms with Crippen LogP contribution in [0.4, 0.5) is 5.82 Å². The van der Waals surface area contributed by atoms with Gasteiger partial charge < -0.3 is 14.6 Å². The third kappa shape index (κ3) is 4.26. The standard InChI is InChI=1S/C21H21N5O3/c1-12(2)28-15-4-5-18-17(10-15)21(25-24-18)14-6-7-22-19(9-14)23-20(27)11-16-8-13(3)26-29-16/h4-10,12H,11H2,1-3H3,(H,24,25)(H,22,23,27). The van der Waals surface area contributed by atoms with Crippen molar-refractivity contribution < 1.29 is 14.1 Å². The Balaban J connectivity index is 1.57. The maximum atomic E-state index is 12.3. The molecule has 8 heteroatoms. The Morgan fingerprint density at radius 1 is 1.24 bits per heavy atom. The molecule has 4 rings (SSSR count). The van der Waals surface area contributed by atoms with Crippen molar-refractivity contribution in [2.75, 3.05) is 5.32 Å². The summed E-state index contributed by atoms with van der Waals surface area (Å²) in [5.74, 6) is 1.49. The van der Waals surface area contributed by atoms with Gasteiger partial charge in [-0.05, 0) is 51.1 Å². The molecule has 0 radical (unpaired) electrons. The van der Waals surface area contributed by atoms with Crippen molar-refractivity contribution in [2.24, 2.45) is 0 Å². The third-order valence-electron chi connectivity index (χ3n) is 4.22. The number of nitrogens with zero attached hydrogens (tertiary/aromatic N) is 3. The highest BCUT2D eigenvalue weighted by molar-refractivity contribution is 5.95. The van der Waals surface area contributed by atoms with E-state index in [1.54, 1.807) is 18.3 Å². The van der Waals surface area contributed by atoms with E-state index in [-0.39, 0.29) is 18.4 Å². The molecule has 0 bridgehead atoms. The van der Waals surface area contributed by atoms with Gasteiger partial charge in [-0.1, -0.05) is 5.16 Å². The smallest absolute Gasteiger partial charge is 0.233 e. The summed E-state index contributed by atoms with van der Waals surface area (Å²) in [6.07, 6.45) is 1.81. The molecule has 0 atom stereocenters. The van der Waals surface area contributed by atoms with E-state index in [0.717, 1.165) is 33.6 Å². The van der Waals surface area contributed by atoms with Crippen molar-refractivity contribution in [2.45, 2.75) is 33.3 Å². The summed E-state index contributed by atoms with van der Waals surface area (Å²) in [5.41, 5.74) is 3.23. The summed E-state index contributed by atoms with van der Waals surface area (Å²) in [5, 5.41) is 15.0. The van der Waals surface area contributed by atoms with Crippen LogP contribution in [0.25, 0.3) is 22.2 Å². The molecule has 2 N–H and O–H groups in total. The first kappa shape index (κ1) is 18.7. The average Bonchev–Trinajstić information content (AvgIpc) is 3.27. The van der Waals surface area contributed by atoms with Crippen LogP contribution in [0.5, 0.6) is 5.75 Å². The predicted molar refractivity (Wildman–Crippen MR) is 109 cm³/mol. The number of rotatable bonds is 6. The van der Waals surface area contributed by atoms with Gasteiger partial charge in [0, 0.05) is 23.2 Å². The average molecular weight is 391 g/mol. The topological polar surface area (TPSA) is 106 Å². The number of fused-ring (bicyclic) bond motifs is 1. The number of anilines is 1. The number of hydrogen-bond donors (Lipinski definition) is 2. The molecule has 3 heterocycles. The fourth-order valence-corrected chi connectivity index (χ4v) is 3.05. The summed E-state index contributed by atoms with van der Waals surface area (Å²) in [6, 6.07) is 11.2. The first-order valence-electron chi connectivity index (χ1n) is 9.31. The second-order valence-electron chi connectivity index (χ2n) is 7.04. The Hall–Kier alpha value is -3.68. The number of aromatic amines is 1. The highest BCUT2D eigenvalue weighted by Crippen LogP contribution is 2.30. The van der Waals surface area contributed by atoms with E-state index < -0.39 is 0 Å². The van der Waals surface area contributed by atoms with E-state index in [9.17, 15) is 4.79 Å². The SMILES string of the molecule is Cc1cc(CC(=O)Nc2cc(-c3n[nH]c4ccc(OC(C)C)cc34)ccn2)on1. The van der Waals surface area contributed by atoms with Gasteiger partial charge in [-0.25, -0.2) is 4.98 Å². The van der Waals surface area contributed by atoms with Gasteiger partial charge in [0.2, 0.25) is 5.91 Å². The molecular weight excluding hydrogens is 370 g/mol. The van der Waals surface area contributed by atoms with Crippen molar-refractivity contribution in [1.29, 1.82) is 0 Å². The minimum absolute atomic E-state index is 0.0821. The molecule has 0 aliphatic heterocycles. The molecule has 148 valence electrons. The molecule has 0 saturated heterocycles. The molecule has 1 aromatic carbocycles. The van der Waals surface area contributed by atoms with Crippen molar-refractivity contribution >= 4 is 22.6 Å². The van der Waals surface area contributed by atoms with Gasteiger partial charge in [-0.2, -0.15) is 5.10 Å². The predicted octanol–water partition coefficient (Wildman–Crippen LogP) is 3.89. The van der Waals surface area contributed by atoms with Crippen molar-refractivity contribution in [3.8, 4) is 17.0 Å². The number of pyridine rings is 1. The maximum Gasteiger partial charge on any atom is 0.233 e. The number of benzene rings is 1. The second-order valence-corrected chi connectivity index (χ2v) is 7.04. The summed E-state index contributed by atoms with van der Waals surface area (Å²) in [4.78, 5) is 16.5. The van der Waals surface area contributed by atoms with Gasteiger partial charge in [0.25, 0.3) is 0 Å². The molecule has 0 aliphatic rings. The number of carbonyl (C=O) groups is 1. The van der Waals surface area contributed by atoms with Crippen LogP contribution in [0.15, 0.2) is 47.1 Å². The third-order valence-corrected chi connectivity index (χ3v) is 4.22. The second kappa shape index (κ2) is 7.75. The molecule has 0 saturated carbocycles. The van der Waals surface area contributed by atoms with Crippen molar-refractivity contribution in [3.05, 3.63) is 54.0 Å². The number of carbonyl (C=O) groups excluding carboxylic acids is 1. The Morgan fingerprint density at radius 3 is 2.86 bits per heavy atom. The van der Waals surface area contributed by atoms with Gasteiger partial charge in [0.05, 0.1) is 23.7 Å². The van der Waals surface area contributed by atoms with Crippen molar-refractivity contribution in [1.82, 2.24) is 20.3 Å². The van der Waals surface area contributed by atoms with Crippen LogP contribution in [0, 0.1) is 6.92 Å². The monoisotopic (exact) mass is 391 g/mol. The highest BCUT2D eigenvalue weighted by Gasteiger charge is 2.13. The van der Waals surface area contributed by atoms with Gasteiger partial charge in [0.1, 0.15) is 23.0 Å². The van der Waals surface area contributed by atoms with Crippen LogP contribution >= 0.6 is 0 Å². The molecule has 4 aromatic rings. The minimum Gasteiger partial charge on any atom is -0.491 e. The first-order chi connectivity index (χ1) is 14.0. The van der Waals surface area contributed by atoms with E-state index in [0.29, 0.717) is 11.6 Å². The zero-order valence-electron chi connectivity index (χ0n) is 16.4. The molecule has 0 aliphatic carbocycles. The van der Waals surface area contributed by atoms with Gasteiger partial charge in [0.15, 0.2) is 0 Å². The molecule has 0 fully saturated rings. The van der Waals surface area contributed by atoms with E-state index in [4.69, 9.17) is 9.26 Å². The van der Waals surface area contributed by atoms with Crippen molar-refractivity contribution in [3.63, 3.8) is 0 Å². The quantitative estimate of drug-likeness (QED) is 0.516. The lowest BCUT2D eigenvalue weighted by Crippen LogP contribution is -2.15. The van der Waals surface area contributed by atoms with Gasteiger partial charge >= 0.3 is 0 Å². The van der Waals surface area contributed by atoms with E-state index in [1.807, 2.05) is 45.0 Å². The van der Waals surface area contributed by atoms with Gasteiger partial charge in [-0.3, -0.25) is 9.89 Å². The van der Waals surface area contributed by atoms with Gasteiger partial charge in [-0.15, -0.1) is 0 Å². The lowest BCUT2D eigenvalue weighted by Gasteiger charge is -2.09. The van der Waals surface area contributed by atoms with Crippen LogP contribution in [-0.2, 0) is 11.2 Å². The number of amides is 1. The zero-order chi connectivity index (χ0) is 20.4. The Morgan fingerprint density at radius 2 is 2.10 bits per heavy atom. The molecule has 29 heavy (non-hydrogen) atoms. The largest absolute Gasteiger partial charge is 0.491 e. The normalized spacial score (nSPS) is 11.2. The highest BCUT2D eigenvalue weighted by atomic mass is 16.5. The number of hydrogen-bond acceptors (Lipinski definition) is 6. The minimum atomic E-state index is -0.231. The van der Waals surface area contributed by atoms with Crippen LogP contribution in [0.3, 0.4) is 0 Å². The summed E-state index contributed by atoms with van der Waals surface area (Å²) in [7, 11) is 0. The molecular formula is C21H21N5O3. The Kier molecular flexibility index (Phi) is 4.99. The van der Waals surface area contributed by atoms with E-state index in [2.05, 4.69) is 25.7 Å².